The number of hydrogen-bond acceptors (Lipinski definition) is 2. The zero-order valence-corrected chi connectivity index (χ0v) is 12.8. The molecule has 0 atom stereocenters. The van der Waals surface area contributed by atoms with E-state index in [-0.39, 0.29) is 0 Å². The van der Waals surface area contributed by atoms with E-state index in [1.165, 1.54) is 18.4 Å². The quantitative estimate of drug-likeness (QED) is 0.702. The maximum Gasteiger partial charge on any atom is 0.0216 e. The van der Waals surface area contributed by atoms with Crippen LogP contribution >= 0.6 is 11.3 Å². The van der Waals surface area contributed by atoms with Crippen molar-refractivity contribution in [2.75, 3.05) is 6.54 Å². The molecule has 0 saturated carbocycles. The Balaban J connectivity index is 2.80. The first kappa shape index (κ1) is 14.7. The Morgan fingerprint density at radius 2 is 1.94 bits per heavy atom. The summed E-state index contributed by atoms with van der Waals surface area (Å²) < 4.78 is 0. The second-order valence-electron chi connectivity index (χ2n) is 5.53. The largest absolute Gasteiger partial charge is 0.313 e. The van der Waals surface area contributed by atoms with Gasteiger partial charge in [-0.05, 0) is 47.7 Å². The average molecular weight is 253 g/mol. The molecular formula is C15H27NS. The zero-order valence-electron chi connectivity index (χ0n) is 12.0. The molecule has 0 aromatic carbocycles. The van der Waals surface area contributed by atoms with Gasteiger partial charge in [0.05, 0.1) is 0 Å². The Morgan fingerprint density at radius 1 is 1.24 bits per heavy atom. The number of hydrogen-bond donors (Lipinski definition) is 1. The lowest BCUT2D eigenvalue weighted by Gasteiger charge is -2.12. The van der Waals surface area contributed by atoms with Crippen LogP contribution in [0.1, 0.15) is 63.0 Å². The summed E-state index contributed by atoms with van der Waals surface area (Å²) in [5.74, 6) is 1.40. The fourth-order valence-corrected chi connectivity index (χ4v) is 3.23. The van der Waals surface area contributed by atoms with Crippen molar-refractivity contribution in [1.29, 1.82) is 0 Å². The van der Waals surface area contributed by atoms with Crippen molar-refractivity contribution in [1.82, 2.24) is 5.32 Å². The van der Waals surface area contributed by atoms with Gasteiger partial charge in [-0.1, -0.05) is 34.6 Å². The predicted molar refractivity (Wildman–Crippen MR) is 78.9 cm³/mol. The highest BCUT2D eigenvalue weighted by atomic mass is 32.1. The van der Waals surface area contributed by atoms with Gasteiger partial charge >= 0.3 is 0 Å². The maximum absolute atomic E-state index is 3.52. The highest BCUT2D eigenvalue weighted by Gasteiger charge is 2.14. The molecule has 17 heavy (non-hydrogen) atoms. The van der Waals surface area contributed by atoms with E-state index in [9.17, 15) is 0 Å². The summed E-state index contributed by atoms with van der Waals surface area (Å²) in [5, 5.41) is 5.88. The molecular weight excluding hydrogens is 226 g/mol. The van der Waals surface area contributed by atoms with Crippen LogP contribution in [0.2, 0.25) is 0 Å². The molecule has 0 saturated heterocycles. The monoisotopic (exact) mass is 253 g/mol. The van der Waals surface area contributed by atoms with Crippen molar-refractivity contribution in [2.45, 2.75) is 59.9 Å². The maximum atomic E-state index is 3.52. The van der Waals surface area contributed by atoms with Gasteiger partial charge in [-0.15, -0.1) is 11.3 Å². The Hall–Kier alpha value is -0.340. The molecule has 0 bridgehead atoms. The van der Waals surface area contributed by atoms with Crippen molar-refractivity contribution in [3.63, 3.8) is 0 Å². The summed E-state index contributed by atoms with van der Waals surface area (Å²) >= 11 is 1.94. The Kier molecular flexibility index (Phi) is 6.21. The van der Waals surface area contributed by atoms with Gasteiger partial charge in [0.2, 0.25) is 0 Å². The van der Waals surface area contributed by atoms with Crippen molar-refractivity contribution in [3.05, 3.63) is 21.4 Å². The van der Waals surface area contributed by atoms with Gasteiger partial charge in [-0.2, -0.15) is 0 Å². The van der Waals surface area contributed by atoms with Crippen LogP contribution in [0.5, 0.6) is 0 Å². The van der Waals surface area contributed by atoms with Crippen LogP contribution in [0.4, 0.5) is 0 Å². The van der Waals surface area contributed by atoms with Crippen molar-refractivity contribution in [2.24, 2.45) is 5.92 Å². The molecule has 1 aromatic heterocycles. The lowest BCUT2D eigenvalue weighted by molar-refractivity contribution is 0.624. The van der Waals surface area contributed by atoms with Crippen LogP contribution in [0.25, 0.3) is 0 Å². The molecule has 0 fully saturated rings. The van der Waals surface area contributed by atoms with Gasteiger partial charge in [0.1, 0.15) is 0 Å². The van der Waals surface area contributed by atoms with Crippen molar-refractivity contribution in [3.8, 4) is 0 Å². The van der Waals surface area contributed by atoms with Gasteiger partial charge in [0.25, 0.3) is 0 Å². The Morgan fingerprint density at radius 3 is 2.47 bits per heavy atom. The molecule has 98 valence electrons. The summed E-state index contributed by atoms with van der Waals surface area (Å²) in [7, 11) is 0. The van der Waals surface area contributed by atoms with E-state index in [1.807, 2.05) is 11.3 Å². The molecule has 0 aliphatic heterocycles. The van der Waals surface area contributed by atoms with E-state index < -0.39 is 0 Å². The summed E-state index contributed by atoms with van der Waals surface area (Å²) in [6.45, 7) is 13.6. The van der Waals surface area contributed by atoms with Crippen LogP contribution in [-0.2, 0) is 13.0 Å². The smallest absolute Gasteiger partial charge is 0.0216 e. The van der Waals surface area contributed by atoms with Crippen LogP contribution in [0, 0.1) is 5.92 Å². The van der Waals surface area contributed by atoms with E-state index >= 15 is 0 Å². The average Bonchev–Trinajstić information content (AvgIpc) is 2.61. The molecule has 0 unspecified atom stereocenters. The van der Waals surface area contributed by atoms with Gasteiger partial charge in [-0.25, -0.2) is 0 Å². The number of thiophene rings is 1. The summed E-state index contributed by atoms with van der Waals surface area (Å²) in [6, 6.07) is 0. The molecule has 2 heteroatoms. The fraction of sp³-hybridized carbons (Fsp3) is 0.733. The van der Waals surface area contributed by atoms with Crippen LogP contribution < -0.4 is 5.32 Å². The molecule has 0 aliphatic rings. The predicted octanol–water partition coefficient (Wildman–Crippen LogP) is 4.57. The van der Waals surface area contributed by atoms with Crippen molar-refractivity contribution >= 4 is 11.3 Å². The van der Waals surface area contributed by atoms with Gasteiger partial charge in [0, 0.05) is 11.4 Å². The first-order valence-electron chi connectivity index (χ1n) is 6.86. The minimum absolute atomic E-state index is 0.661. The Bertz CT molecular complexity index is 326. The molecule has 1 nitrogen and oxygen atoms in total. The zero-order chi connectivity index (χ0) is 12.8. The van der Waals surface area contributed by atoms with E-state index in [4.69, 9.17) is 0 Å². The number of rotatable bonds is 7. The lowest BCUT2D eigenvalue weighted by Crippen LogP contribution is -2.15. The summed E-state index contributed by atoms with van der Waals surface area (Å²) in [5.41, 5.74) is 3.14. The van der Waals surface area contributed by atoms with E-state index in [0.29, 0.717) is 5.92 Å². The van der Waals surface area contributed by atoms with Crippen LogP contribution in [0.15, 0.2) is 5.38 Å². The standard InChI is InChI=1S/C15H27NS/c1-6-7-16-9-13-10-17-15(12(4)5)14(13)8-11(2)3/h10-12,16H,6-9H2,1-5H3. The third-order valence-electron chi connectivity index (χ3n) is 2.89. The molecule has 0 amide bonds. The Labute approximate surface area is 111 Å². The topological polar surface area (TPSA) is 12.0 Å². The highest BCUT2D eigenvalue weighted by molar-refractivity contribution is 7.10. The minimum atomic E-state index is 0.661. The second-order valence-corrected chi connectivity index (χ2v) is 6.44. The van der Waals surface area contributed by atoms with E-state index in [0.717, 1.165) is 19.0 Å². The van der Waals surface area contributed by atoms with Crippen molar-refractivity contribution < 1.29 is 0 Å². The second kappa shape index (κ2) is 7.17. The fourth-order valence-electron chi connectivity index (χ4n) is 2.11. The first-order chi connectivity index (χ1) is 8.06. The van der Waals surface area contributed by atoms with Crippen LogP contribution in [-0.4, -0.2) is 6.54 Å². The highest BCUT2D eigenvalue weighted by Crippen LogP contribution is 2.31. The third kappa shape index (κ3) is 4.44. The SMILES string of the molecule is CCCNCc1csc(C(C)C)c1CC(C)C. The molecule has 0 aliphatic carbocycles. The molecule has 1 N–H and O–H groups in total. The van der Waals surface area contributed by atoms with Gasteiger partial charge < -0.3 is 5.32 Å². The lowest BCUT2D eigenvalue weighted by atomic mass is 9.96. The molecule has 0 radical (unpaired) electrons. The molecule has 1 aromatic rings. The van der Waals surface area contributed by atoms with E-state index in [2.05, 4.69) is 45.3 Å². The normalized spacial score (nSPS) is 11.7. The van der Waals surface area contributed by atoms with Gasteiger partial charge in [0.15, 0.2) is 0 Å². The van der Waals surface area contributed by atoms with Crippen LogP contribution in [0.3, 0.4) is 0 Å². The van der Waals surface area contributed by atoms with E-state index in [1.54, 1.807) is 10.4 Å². The summed E-state index contributed by atoms with van der Waals surface area (Å²) in [4.78, 5) is 1.59. The summed E-state index contributed by atoms with van der Waals surface area (Å²) in [6.07, 6.45) is 2.43. The molecule has 0 spiro atoms. The number of nitrogens with one attached hydrogen (secondary N) is 1. The third-order valence-corrected chi connectivity index (χ3v) is 4.27. The minimum Gasteiger partial charge on any atom is -0.313 e. The molecule has 1 rings (SSSR count). The van der Waals surface area contributed by atoms with Gasteiger partial charge in [-0.3, -0.25) is 0 Å². The molecule has 1 heterocycles. The first-order valence-corrected chi connectivity index (χ1v) is 7.74.